The molecule has 0 amide bonds. The van der Waals surface area contributed by atoms with Crippen LogP contribution in [-0.4, -0.2) is 6.04 Å². The first-order valence-corrected chi connectivity index (χ1v) is 1.82. The van der Waals surface area contributed by atoms with E-state index in [1.807, 2.05) is 6.08 Å². The van der Waals surface area contributed by atoms with E-state index in [0.717, 1.165) is 6.42 Å². The zero-order valence-corrected chi connectivity index (χ0v) is 3.02. The van der Waals surface area contributed by atoms with E-state index in [1.54, 1.807) is 0 Å². The van der Waals surface area contributed by atoms with Crippen LogP contribution in [0.2, 0.25) is 0 Å². The van der Waals surface area contributed by atoms with Crippen molar-refractivity contribution in [2.45, 2.75) is 12.5 Å². The molecule has 2 N–H and O–H groups in total. The van der Waals surface area contributed by atoms with Gasteiger partial charge in [-0.3, -0.25) is 0 Å². The molecule has 1 unspecified atom stereocenters. The van der Waals surface area contributed by atoms with Gasteiger partial charge in [-0.05, 0) is 6.42 Å². The van der Waals surface area contributed by atoms with E-state index < -0.39 is 0 Å². The number of hydrogen-bond acceptors (Lipinski definition) is 1. The highest BCUT2D eigenvalue weighted by Crippen LogP contribution is 2.01. The largest absolute Gasteiger partial charge is 0.324 e. The van der Waals surface area contributed by atoms with Gasteiger partial charge < -0.3 is 5.73 Å². The lowest BCUT2D eigenvalue weighted by Gasteiger charge is -2.08. The molecule has 0 saturated heterocycles. The fourth-order valence-electron chi connectivity index (χ4n) is 0.293. The summed E-state index contributed by atoms with van der Waals surface area (Å²) in [6.45, 7) is 0. The second-order valence-electron chi connectivity index (χ2n) is 1.33. The van der Waals surface area contributed by atoms with E-state index in [-0.39, 0.29) is 0 Å². The molecule has 0 aromatic carbocycles. The van der Waals surface area contributed by atoms with E-state index in [2.05, 4.69) is 6.08 Å². The van der Waals surface area contributed by atoms with Gasteiger partial charge in [-0.1, -0.05) is 12.2 Å². The van der Waals surface area contributed by atoms with Gasteiger partial charge in [-0.15, -0.1) is 0 Å². The van der Waals surface area contributed by atoms with Crippen molar-refractivity contribution in [3.63, 3.8) is 0 Å². The SMILES string of the molecule is NC1C=CC1. The standard InChI is InChI=1S/C4H7N/c5-4-2-1-3-4/h1-2,4H,3,5H2. The fourth-order valence-corrected chi connectivity index (χ4v) is 0.293. The smallest absolute Gasteiger partial charge is 0.0258 e. The minimum absolute atomic E-state index is 0.384. The number of hydrogen-bond donors (Lipinski definition) is 1. The lowest BCUT2D eigenvalue weighted by molar-refractivity contribution is 0.770. The summed E-state index contributed by atoms with van der Waals surface area (Å²) in [5.41, 5.74) is 5.29. The molecule has 1 nitrogen and oxygen atoms in total. The zero-order valence-electron chi connectivity index (χ0n) is 3.02. The summed E-state index contributed by atoms with van der Waals surface area (Å²) in [5, 5.41) is 0. The molecule has 0 bridgehead atoms. The summed E-state index contributed by atoms with van der Waals surface area (Å²) in [4.78, 5) is 0. The minimum Gasteiger partial charge on any atom is -0.324 e. The lowest BCUT2D eigenvalue weighted by Crippen LogP contribution is -2.20. The maximum atomic E-state index is 5.29. The van der Waals surface area contributed by atoms with E-state index in [4.69, 9.17) is 5.73 Å². The highest BCUT2D eigenvalue weighted by atomic mass is 14.6. The molecular formula is C4H7N. The van der Waals surface area contributed by atoms with Crippen LogP contribution >= 0.6 is 0 Å². The van der Waals surface area contributed by atoms with Gasteiger partial charge in [0.15, 0.2) is 0 Å². The van der Waals surface area contributed by atoms with Crippen LogP contribution in [0.25, 0.3) is 0 Å². The van der Waals surface area contributed by atoms with Crippen LogP contribution in [0.15, 0.2) is 12.2 Å². The van der Waals surface area contributed by atoms with Crippen molar-refractivity contribution in [2.75, 3.05) is 0 Å². The van der Waals surface area contributed by atoms with Crippen LogP contribution in [0, 0.1) is 0 Å². The van der Waals surface area contributed by atoms with Gasteiger partial charge in [0.25, 0.3) is 0 Å². The second kappa shape index (κ2) is 0.830. The van der Waals surface area contributed by atoms with Gasteiger partial charge in [0.1, 0.15) is 0 Å². The molecule has 0 spiro atoms. The first-order valence-electron chi connectivity index (χ1n) is 1.82. The van der Waals surface area contributed by atoms with Gasteiger partial charge in [-0.2, -0.15) is 0 Å². The van der Waals surface area contributed by atoms with Crippen molar-refractivity contribution < 1.29 is 0 Å². The van der Waals surface area contributed by atoms with E-state index >= 15 is 0 Å². The maximum absolute atomic E-state index is 5.29. The van der Waals surface area contributed by atoms with Crippen LogP contribution in [0.3, 0.4) is 0 Å². The summed E-state index contributed by atoms with van der Waals surface area (Å²) in [7, 11) is 0. The average molecular weight is 69.1 g/mol. The molecule has 0 saturated carbocycles. The van der Waals surface area contributed by atoms with Gasteiger partial charge >= 0.3 is 0 Å². The summed E-state index contributed by atoms with van der Waals surface area (Å²) in [6.07, 6.45) is 5.16. The van der Waals surface area contributed by atoms with Crippen LogP contribution < -0.4 is 5.73 Å². The lowest BCUT2D eigenvalue weighted by atomic mass is 10.1. The Balaban J connectivity index is 2.39. The molecule has 0 radical (unpaired) electrons. The van der Waals surface area contributed by atoms with Crippen molar-refractivity contribution >= 4 is 0 Å². The number of nitrogens with two attached hydrogens (primary N) is 1. The molecule has 0 aliphatic heterocycles. The Kier molecular flexibility index (Phi) is 0.484. The molecule has 1 rings (SSSR count). The topological polar surface area (TPSA) is 26.0 Å². The van der Waals surface area contributed by atoms with E-state index in [9.17, 15) is 0 Å². The Morgan fingerprint density at radius 2 is 2.20 bits per heavy atom. The fraction of sp³-hybridized carbons (Fsp3) is 0.500. The molecule has 0 heterocycles. The maximum Gasteiger partial charge on any atom is 0.0258 e. The molecule has 1 aliphatic carbocycles. The van der Waals surface area contributed by atoms with Gasteiger partial charge in [0, 0.05) is 6.04 Å². The normalized spacial score (nSPS) is 33.4. The van der Waals surface area contributed by atoms with Crippen LogP contribution in [-0.2, 0) is 0 Å². The first kappa shape index (κ1) is 2.91. The molecule has 0 aromatic heterocycles. The van der Waals surface area contributed by atoms with Crippen LogP contribution in [0.4, 0.5) is 0 Å². The molecule has 1 heteroatoms. The highest BCUT2D eigenvalue weighted by molar-refractivity contribution is 5.04. The van der Waals surface area contributed by atoms with E-state index in [0.29, 0.717) is 6.04 Å². The van der Waals surface area contributed by atoms with Gasteiger partial charge in [0.05, 0.1) is 0 Å². The molecule has 28 valence electrons. The molecule has 0 aromatic rings. The molecule has 1 atom stereocenters. The Labute approximate surface area is 31.5 Å². The minimum atomic E-state index is 0.384. The number of rotatable bonds is 0. The predicted molar refractivity (Wildman–Crippen MR) is 21.7 cm³/mol. The monoisotopic (exact) mass is 69.1 g/mol. The summed E-state index contributed by atoms with van der Waals surface area (Å²) < 4.78 is 0. The average Bonchev–Trinajstić information content (AvgIpc) is 1.30. The third-order valence-corrected chi connectivity index (χ3v) is 0.792. The Bertz CT molecular complexity index is 56.7. The predicted octanol–water partition coefficient (Wildman–Crippen LogP) is 0.274. The second-order valence-corrected chi connectivity index (χ2v) is 1.33. The summed E-state index contributed by atoms with van der Waals surface area (Å²) >= 11 is 0. The van der Waals surface area contributed by atoms with Gasteiger partial charge in [0.2, 0.25) is 0 Å². The van der Waals surface area contributed by atoms with Crippen molar-refractivity contribution in [1.82, 2.24) is 0 Å². The highest BCUT2D eigenvalue weighted by Gasteiger charge is 1.99. The van der Waals surface area contributed by atoms with Crippen molar-refractivity contribution in [1.29, 1.82) is 0 Å². The van der Waals surface area contributed by atoms with Crippen LogP contribution in [0.5, 0.6) is 0 Å². The molecular weight excluding hydrogens is 62.1 g/mol. The Hall–Kier alpha value is -0.300. The Morgan fingerprint density at radius 3 is 2.20 bits per heavy atom. The summed E-state index contributed by atoms with van der Waals surface area (Å²) in [6, 6.07) is 0.384. The quantitative estimate of drug-likeness (QED) is 0.406. The van der Waals surface area contributed by atoms with E-state index in [1.165, 1.54) is 0 Å². The zero-order chi connectivity index (χ0) is 3.70. The first-order chi connectivity index (χ1) is 2.39. The third kappa shape index (κ3) is 0.329. The third-order valence-electron chi connectivity index (χ3n) is 0.792. The van der Waals surface area contributed by atoms with Crippen molar-refractivity contribution in [2.24, 2.45) is 5.73 Å². The Morgan fingerprint density at radius 1 is 1.80 bits per heavy atom. The molecule has 1 aliphatic rings. The molecule has 5 heavy (non-hydrogen) atoms. The van der Waals surface area contributed by atoms with Crippen molar-refractivity contribution in [3.8, 4) is 0 Å². The van der Waals surface area contributed by atoms with Crippen LogP contribution in [0.1, 0.15) is 6.42 Å². The van der Waals surface area contributed by atoms with Gasteiger partial charge in [-0.25, -0.2) is 0 Å². The summed E-state index contributed by atoms with van der Waals surface area (Å²) in [5.74, 6) is 0. The molecule has 0 fully saturated rings. The van der Waals surface area contributed by atoms with Crippen molar-refractivity contribution in [3.05, 3.63) is 12.2 Å².